The number of rotatable bonds is 2. The van der Waals surface area contributed by atoms with Crippen LogP contribution < -0.4 is 4.31 Å². The fourth-order valence-electron chi connectivity index (χ4n) is 4.90. The summed E-state index contributed by atoms with van der Waals surface area (Å²) in [7, 11) is -3.24. The molecule has 3 aliphatic heterocycles. The second-order valence-electron chi connectivity index (χ2n) is 7.78. The Labute approximate surface area is 159 Å². The molecule has 0 bridgehead atoms. The second kappa shape index (κ2) is 5.76. The van der Waals surface area contributed by atoms with Gasteiger partial charge in [-0.05, 0) is 49.4 Å². The standard InChI is InChI=1S/C19H23N3O2S2/c1-12-9-14-10-13(7-8-16(14)22(12)26(2,23)24)18-11-25-19-20-15-5-3-4-6-17(15)21(18)19/h7-8,10-12,15,17H,3-6,9H2,1-2H3/t12-,15-,17+/m1/s1. The van der Waals surface area contributed by atoms with E-state index in [9.17, 15) is 8.42 Å². The highest BCUT2D eigenvalue weighted by Gasteiger charge is 2.42. The Morgan fingerprint density at radius 3 is 2.85 bits per heavy atom. The third kappa shape index (κ3) is 2.43. The van der Waals surface area contributed by atoms with Crippen molar-refractivity contribution < 1.29 is 8.42 Å². The summed E-state index contributed by atoms with van der Waals surface area (Å²) < 4.78 is 25.8. The van der Waals surface area contributed by atoms with E-state index < -0.39 is 10.0 Å². The molecule has 26 heavy (non-hydrogen) atoms. The third-order valence-electron chi connectivity index (χ3n) is 5.93. The van der Waals surface area contributed by atoms with Gasteiger partial charge in [0.05, 0.1) is 29.7 Å². The van der Waals surface area contributed by atoms with E-state index in [0.29, 0.717) is 12.1 Å². The van der Waals surface area contributed by atoms with E-state index in [1.54, 1.807) is 16.1 Å². The van der Waals surface area contributed by atoms with Crippen molar-refractivity contribution in [3.05, 3.63) is 34.7 Å². The lowest BCUT2D eigenvalue weighted by Gasteiger charge is -2.32. The molecule has 0 aromatic heterocycles. The highest BCUT2D eigenvalue weighted by Crippen LogP contribution is 2.45. The van der Waals surface area contributed by atoms with E-state index in [1.165, 1.54) is 43.2 Å². The predicted molar refractivity (Wildman–Crippen MR) is 108 cm³/mol. The van der Waals surface area contributed by atoms with Crippen LogP contribution in [0, 0.1) is 0 Å². The molecule has 0 amide bonds. The topological polar surface area (TPSA) is 53.0 Å². The Morgan fingerprint density at radius 1 is 1.23 bits per heavy atom. The lowest BCUT2D eigenvalue weighted by atomic mass is 9.90. The van der Waals surface area contributed by atoms with Crippen molar-refractivity contribution in [1.29, 1.82) is 0 Å². The van der Waals surface area contributed by atoms with Gasteiger partial charge in [-0.25, -0.2) is 8.42 Å². The lowest BCUT2D eigenvalue weighted by Crippen LogP contribution is -2.38. The smallest absolute Gasteiger partial charge is 0.232 e. The van der Waals surface area contributed by atoms with Crippen molar-refractivity contribution in [3.63, 3.8) is 0 Å². The van der Waals surface area contributed by atoms with Gasteiger partial charge in [0.2, 0.25) is 10.0 Å². The summed E-state index contributed by atoms with van der Waals surface area (Å²) >= 11 is 1.73. The third-order valence-corrected chi connectivity index (χ3v) is 8.05. The highest BCUT2D eigenvalue weighted by molar-refractivity contribution is 8.16. The van der Waals surface area contributed by atoms with Crippen LogP contribution in [0.25, 0.3) is 5.70 Å². The number of anilines is 1. The number of amidine groups is 1. The molecule has 1 aliphatic carbocycles. The Balaban J connectivity index is 1.50. The number of nitrogens with zero attached hydrogens (tertiary/aromatic N) is 3. The van der Waals surface area contributed by atoms with Crippen LogP contribution in [0.4, 0.5) is 5.69 Å². The average Bonchev–Trinajstić information content (AvgIpc) is 3.23. The summed E-state index contributed by atoms with van der Waals surface area (Å²) in [6, 6.07) is 7.16. The number of benzene rings is 1. The largest absolute Gasteiger partial charge is 0.315 e. The number of aliphatic imine (C=N–C) groups is 1. The fourth-order valence-corrected chi connectivity index (χ4v) is 7.17. The molecule has 0 radical (unpaired) electrons. The summed E-state index contributed by atoms with van der Waals surface area (Å²) in [6.45, 7) is 1.98. The fraction of sp³-hybridized carbons (Fsp3) is 0.526. The van der Waals surface area contributed by atoms with Crippen molar-refractivity contribution in [2.24, 2.45) is 4.99 Å². The summed E-state index contributed by atoms with van der Waals surface area (Å²) in [4.78, 5) is 7.38. The minimum absolute atomic E-state index is 0.0196. The van der Waals surface area contributed by atoms with E-state index >= 15 is 0 Å². The van der Waals surface area contributed by atoms with Crippen LogP contribution >= 0.6 is 11.8 Å². The van der Waals surface area contributed by atoms with Gasteiger partial charge in [-0.2, -0.15) is 0 Å². The van der Waals surface area contributed by atoms with Gasteiger partial charge < -0.3 is 4.90 Å². The minimum atomic E-state index is -3.24. The Kier molecular flexibility index (Phi) is 3.70. The van der Waals surface area contributed by atoms with Gasteiger partial charge in [-0.15, -0.1) is 0 Å². The first-order chi connectivity index (χ1) is 12.4. The molecule has 4 aliphatic rings. The van der Waals surface area contributed by atoms with Crippen molar-refractivity contribution in [1.82, 2.24) is 4.90 Å². The van der Waals surface area contributed by atoms with Gasteiger partial charge in [0.25, 0.3) is 0 Å². The van der Waals surface area contributed by atoms with Gasteiger partial charge in [-0.1, -0.05) is 30.7 Å². The Hall–Kier alpha value is -1.47. The molecule has 5 rings (SSSR count). The normalized spacial score (nSPS) is 30.0. The molecule has 3 heterocycles. The molecule has 3 atom stereocenters. The predicted octanol–water partition coefficient (Wildman–Crippen LogP) is 3.43. The Bertz CT molecular complexity index is 938. The van der Waals surface area contributed by atoms with Crippen molar-refractivity contribution >= 4 is 38.3 Å². The molecular weight excluding hydrogens is 366 g/mol. The number of sulfonamides is 1. The number of fused-ring (bicyclic) bond motifs is 4. The highest BCUT2D eigenvalue weighted by atomic mass is 32.2. The van der Waals surface area contributed by atoms with E-state index in [0.717, 1.165) is 22.8 Å². The SMILES string of the molecule is C[C@@H]1Cc2cc(C3=CSC4=N[C@@H]5CCCC[C@@H]5N34)ccc2N1S(C)(=O)=O. The summed E-state index contributed by atoms with van der Waals surface area (Å²) in [5.74, 6) is 0. The maximum atomic E-state index is 12.1. The molecule has 5 nitrogen and oxygen atoms in total. The summed E-state index contributed by atoms with van der Waals surface area (Å²) in [5, 5.41) is 3.35. The number of thioether (sulfide) groups is 1. The second-order valence-corrected chi connectivity index (χ2v) is 10.5. The zero-order valence-electron chi connectivity index (χ0n) is 15.1. The van der Waals surface area contributed by atoms with Crippen LogP contribution in [0.2, 0.25) is 0 Å². The van der Waals surface area contributed by atoms with Gasteiger partial charge >= 0.3 is 0 Å². The first-order valence-corrected chi connectivity index (χ1v) is 12.0. The molecule has 1 saturated carbocycles. The summed E-state index contributed by atoms with van der Waals surface area (Å²) in [5.41, 5.74) is 4.36. The van der Waals surface area contributed by atoms with Gasteiger partial charge in [0, 0.05) is 11.4 Å². The molecule has 1 aromatic rings. The average molecular weight is 390 g/mol. The van der Waals surface area contributed by atoms with Gasteiger partial charge in [0.1, 0.15) is 0 Å². The van der Waals surface area contributed by atoms with E-state index in [2.05, 4.69) is 22.4 Å². The Morgan fingerprint density at radius 2 is 2.04 bits per heavy atom. The van der Waals surface area contributed by atoms with Crippen molar-refractivity contribution in [2.75, 3.05) is 10.6 Å². The first-order valence-electron chi connectivity index (χ1n) is 9.30. The maximum Gasteiger partial charge on any atom is 0.232 e. The van der Waals surface area contributed by atoms with E-state index in [4.69, 9.17) is 4.99 Å². The molecule has 0 N–H and O–H groups in total. The minimum Gasteiger partial charge on any atom is -0.315 e. The molecular formula is C19H23N3O2S2. The van der Waals surface area contributed by atoms with Crippen molar-refractivity contribution in [2.45, 2.75) is 57.2 Å². The van der Waals surface area contributed by atoms with E-state index in [1.807, 2.05) is 13.0 Å². The number of hydrogen-bond acceptors (Lipinski definition) is 5. The van der Waals surface area contributed by atoms with Gasteiger partial charge in [0.15, 0.2) is 5.17 Å². The van der Waals surface area contributed by atoms with Crippen LogP contribution in [0.1, 0.15) is 43.7 Å². The monoisotopic (exact) mass is 389 g/mol. The first kappa shape index (κ1) is 16.7. The van der Waals surface area contributed by atoms with Crippen LogP contribution in [0.15, 0.2) is 28.6 Å². The molecule has 1 aromatic carbocycles. The maximum absolute atomic E-state index is 12.1. The molecule has 0 saturated heterocycles. The van der Waals surface area contributed by atoms with Crippen LogP contribution in [0.3, 0.4) is 0 Å². The van der Waals surface area contributed by atoms with Crippen LogP contribution in [-0.4, -0.2) is 42.9 Å². The molecule has 1 fully saturated rings. The molecule has 7 heteroatoms. The van der Waals surface area contributed by atoms with E-state index in [-0.39, 0.29) is 6.04 Å². The zero-order chi connectivity index (χ0) is 18.1. The molecule has 0 unspecified atom stereocenters. The quantitative estimate of drug-likeness (QED) is 0.778. The molecule has 138 valence electrons. The van der Waals surface area contributed by atoms with Crippen molar-refractivity contribution in [3.8, 4) is 0 Å². The summed E-state index contributed by atoms with van der Waals surface area (Å²) in [6.07, 6.45) is 7.03. The molecule has 0 spiro atoms. The zero-order valence-corrected chi connectivity index (χ0v) is 16.7. The van der Waals surface area contributed by atoms with Gasteiger partial charge in [-0.3, -0.25) is 9.30 Å². The van der Waals surface area contributed by atoms with Crippen LogP contribution in [0.5, 0.6) is 0 Å². The van der Waals surface area contributed by atoms with Crippen LogP contribution in [-0.2, 0) is 16.4 Å². The lowest BCUT2D eigenvalue weighted by molar-refractivity contribution is 0.305. The number of hydrogen-bond donors (Lipinski definition) is 0.